The Labute approximate surface area is 146 Å². The van der Waals surface area contributed by atoms with Crippen molar-refractivity contribution in [3.05, 3.63) is 88.5 Å². The number of ketones is 1. The molecule has 0 aliphatic carbocycles. The molecule has 0 unspecified atom stereocenters. The van der Waals surface area contributed by atoms with Crippen LogP contribution in [0, 0.1) is 0 Å². The van der Waals surface area contributed by atoms with E-state index >= 15 is 0 Å². The highest BCUT2D eigenvalue weighted by molar-refractivity contribution is 8.04. The van der Waals surface area contributed by atoms with Crippen LogP contribution in [0.15, 0.2) is 82.3 Å². The Morgan fingerprint density at radius 1 is 1.00 bits per heavy atom. The van der Waals surface area contributed by atoms with Crippen LogP contribution in [0.2, 0.25) is 0 Å². The summed E-state index contributed by atoms with van der Waals surface area (Å²) >= 11 is 1.55. The molecule has 2 aromatic carbocycles. The second-order valence-corrected chi connectivity index (χ2v) is 6.77. The second kappa shape index (κ2) is 6.17. The number of hydrogen-bond acceptors (Lipinski definition) is 3. The standard InChI is InChI=1S/C21H17NOS/c1-2-22-16(12-11-15-7-3-5-9-18(15)22)13-14-20-21(23)17-8-4-6-10-19(17)24-20/h3-14H,2H2,1H3/b16-13+,20-14-. The fourth-order valence-corrected chi connectivity index (χ4v) is 4.08. The number of benzene rings is 2. The maximum absolute atomic E-state index is 12.5. The van der Waals surface area contributed by atoms with Gasteiger partial charge in [-0.1, -0.05) is 48.2 Å². The molecule has 0 fully saturated rings. The summed E-state index contributed by atoms with van der Waals surface area (Å²) in [7, 11) is 0. The van der Waals surface area contributed by atoms with E-state index in [2.05, 4.69) is 48.2 Å². The van der Waals surface area contributed by atoms with Gasteiger partial charge in [-0.3, -0.25) is 4.79 Å². The largest absolute Gasteiger partial charge is 0.341 e. The summed E-state index contributed by atoms with van der Waals surface area (Å²) in [5.74, 6) is 0.121. The average molecular weight is 331 g/mol. The molecule has 0 amide bonds. The molecular weight excluding hydrogens is 314 g/mol. The van der Waals surface area contributed by atoms with Gasteiger partial charge in [-0.15, -0.1) is 0 Å². The number of thioether (sulfide) groups is 1. The fourth-order valence-electron chi connectivity index (χ4n) is 3.09. The van der Waals surface area contributed by atoms with Crippen LogP contribution in [-0.4, -0.2) is 12.3 Å². The van der Waals surface area contributed by atoms with Gasteiger partial charge in [0.05, 0.1) is 4.91 Å². The molecule has 0 saturated heterocycles. The van der Waals surface area contributed by atoms with Crippen molar-refractivity contribution in [2.24, 2.45) is 0 Å². The van der Waals surface area contributed by atoms with Crippen LogP contribution >= 0.6 is 11.8 Å². The zero-order chi connectivity index (χ0) is 16.5. The highest BCUT2D eigenvalue weighted by Gasteiger charge is 2.24. The third kappa shape index (κ3) is 2.51. The number of allylic oxidation sites excluding steroid dienone is 4. The molecular formula is C21H17NOS. The summed E-state index contributed by atoms with van der Waals surface area (Å²) in [6.45, 7) is 3.03. The maximum atomic E-state index is 12.5. The molecule has 0 saturated carbocycles. The number of nitrogens with zero attached hydrogens (tertiary/aromatic N) is 1. The molecule has 0 radical (unpaired) electrons. The van der Waals surface area contributed by atoms with Crippen molar-refractivity contribution in [3.8, 4) is 0 Å². The first-order chi connectivity index (χ1) is 11.8. The first kappa shape index (κ1) is 15.0. The smallest absolute Gasteiger partial charge is 0.200 e. The minimum atomic E-state index is 0.121. The minimum Gasteiger partial charge on any atom is -0.341 e. The molecule has 4 rings (SSSR count). The van der Waals surface area contributed by atoms with E-state index in [0.717, 1.165) is 27.6 Å². The first-order valence-corrected chi connectivity index (χ1v) is 8.88. The van der Waals surface area contributed by atoms with Crippen LogP contribution in [0.25, 0.3) is 6.08 Å². The van der Waals surface area contributed by atoms with Crippen molar-refractivity contribution in [2.75, 3.05) is 11.4 Å². The van der Waals surface area contributed by atoms with Crippen molar-refractivity contribution in [2.45, 2.75) is 11.8 Å². The Morgan fingerprint density at radius 2 is 1.79 bits per heavy atom. The highest BCUT2D eigenvalue weighted by Crippen LogP contribution is 2.40. The number of likely N-dealkylation sites (N-methyl/N-ethyl adjacent to an activating group) is 1. The van der Waals surface area contributed by atoms with Crippen LogP contribution in [-0.2, 0) is 0 Å². The predicted octanol–water partition coefficient (Wildman–Crippen LogP) is 5.30. The van der Waals surface area contributed by atoms with Crippen LogP contribution < -0.4 is 4.90 Å². The molecule has 118 valence electrons. The van der Waals surface area contributed by atoms with E-state index < -0.39 is 0 Å². The van der Waals surface area contributed by atoms with Gasteiger partial charge in [0.15, 0.2) is 0 Å². The predicted molar refractivity (Wildman–Crippen MR) is 101 cm³/mol. The monoisotopic (exact) mass is 331 g/mol. The summed E-state index contributed by atoms with van der Waals surface area (Å²) in [6, 6.07) is 16.2. The molecule has 2 aliphatic heterocycles. The number of Topliss-reactive ketones (excluding diaryl/α,β-unsaturated/α-hetero) is 1. The number of carbonyl (C=O) groups excluding carboxylic acids is 1. The number of rotatable bonds is 2. The number of carbonyl (C=O) groups is 1. The molecule has 2 nitrogen and oxygen atoms in total. The van der Waals surface area contributed by atoms with Crippen molar-refractivity contribution in [3.63, 3.8) is 0 Å². The third-order valence-corrected chi connectivity index (χ3v) is 5.39. The lowest BCUT2D eigenvalue weighted by Gasteiger charge is -2.29. The molecule has 3 heteroatoms. The molecule has 2 aromatic rings. The van der Waals surface area contributed by atoms with Crippen LogP contribution in [0.1, 0.15) is 22.8 Å². The quantitative estimate of drug-likeness (QED) is 0.697. The van der Waals surface area contributed by atoms with Gasteiger partial charge in [0, 0.05) is 28.4 Å². The fraction of sp³-hybridized carbons (Fsp3) is 0.0952. The van der Waals surface area contributed by atoms with E-state index in [1.54, 1.807) is 11.8 Å². The van der Waals surface area contributed by atoms with E-state index in [9.17, 15) is 4.79 Å². The third-order valence-electron chi connectivity index (χ3n) is 4.27. The Kier molecular flexibility index (Phi) is 3.87. The normalized spacial score (nSPS) is 19.0. The van der Waals surface area contributed by atoms with Crippen molar-refractivity contribution >= 4 is 29.3 Å². The topological polar surface area (TPSA) is 20.3 Å². The van der Waals surface area contributed by atoms with Gasteiger partial charge in [0.2, 0.25) is 5.78 Å². The lowest BCUT2D eigenvalue weighted by molar-refractivity contribution is 0.104. The summed E-state index contributed by atoms with van der Waals surface area (Å²) in [6.07, 6.45) is 8.23. The molecule has 0 bridgehead atoms. The summed E-state index contributed by atoms with van der Waals surface area (Å²) in [5, 5.41) is 0. The Hall–Kier alpha value is -2.52. The van der Waals surface area contributed by atoms with Crippen molar-refractivity contribution in [1.82, 2.24) is 0 Å². The van der Waals surface area contributed by atoms with Gasteiger partial charge in [0.25, 0.3) is 0 Å². The van der Waals surface area contributed by atoms with Crippen molar-refractivity contribution in [1.29, 1.82) is 0 Å². The van der Waals surface area contributed by atoms with Gasteiger partial charge in [-0.2, -0.15) is 0 Å². The first-order valence-electron chi connectivity index (χ1n) is 8.06. The maximum Gasteiger partial charge on any atom is 0.200 e. The SMILES string of the molecule is CCN1/C(=C/C=C2\Sc3ccccc3C2=O)C=Cc2ccccc21. The van der Waals surface area contributed by atoms with E-state index in [1.807, 2.05) is 36.4 Å². The lowest BCUT2D eigenvalue weighted by Crippen LogP contribution is -2.23. The zero-order valence-electron chi connectivity index (χ0n) is 13.4. The zero-order valence-corrected chi connectivity index (χ0v) is 14.2. The molecule has 2 aliphatic rings. The molecule has 0 aromatic heterocycles. The highest BCUT2D eigenvalue weighted by atomic mass is 32.2. The molecule has 2 heterocycles. The van der Waals surface area contributed by atoms with Crippen LogP contribution in [0.5, 0.6) is 0 Å². The van der Waals surface area contributed by atoms with E-state index in [0.29, 0.717) is 0 Å². The van der Waals surface area contributed by atoms with Gasteiger partial charge < -0.3 is 4.90 Å². The van der Waals surface area contributed by atoms with E-state index in [4.69, 9.17) is 0 Å². The van der Waals surface area contributed by atoms with Gasteiger partial charge >= 0.3 is 0 Å². The van der Waals surface area contributed by atoms with Gasteiger partial charge in [-0.25, -0.2) is 0 Å². The molecule has 24 heavy (non-hydrogen) atoms. The number of anilines is 1. The Bertz CT molecular complexity index is 908. The molecule has 0 N–H and O–H groups in total. The van der Waals surface area contributed by atoms with Crippen LogP contribution in [0.4, 0.5) is 5.69 Å². The minimum absolute atomic E-state index is 0.121. The summed E-state index contributed by atoms with van der Waals surface area (Å²) in [4.78, 5) is 16.6. The van der Waals surface area contributed by atoms with Crippen LogP contribution in [0.3, 0.4) is 0 Å². The average Bonchev–Trinajstić information content (AvgIpc) is 2.95. The molecule has 0 spiro atoms. The second-order valence-electron chi connectivity index (χ2n) is 5.69. The number of para-hydroxylation sites is 1. The number of fused-ring (bicyclic) bond motifs is 2. The molecule has 0 atom stereocenters. The summed E-state index contributed by atoms with van der Waals surface area (Å²) in [5.41, 5.74) is 4.35. The van der Waals surface area contributed by atoms with Gasteiger partial charge in [-0.05, 0) is 48.9 Å². The van der Waals surface area contributed by atoms with E-state index in [1.165, 1.54) is 11.3 Å². The van der Waals surface area contributed by atoms with Crippen molar-refractivity contribution < 1.29 is 4.79 Å². The number of hydrogen-bond donors (Lipinski definition) is 0. The Morgan fingerprint density at radius 3 is 2.62 bits per heavy atom. The van der Waals surface area contributed by atoms with E-state index in [-0.39, 0.29) is 5.78 Å². The summed E-state index contributed by atoms with van der Waals surface area (Å²) < 4.78 is 0. The van der Waals surface area contributed by atoms with Gasteiger partial charge in [0.1, 0.15) is 0 Å². The Balaban J connectivity index is 1.67. The lowest BCUT2D eigenvalue weighted by atomic mass is 10.1.